The summed E-state index contributed by atoms with van der Waals surface area (Å²) in [4.78, 5) is 91.3. The average Bonchev–Trinajstić information content (AvgIpc) is 3.98. The molecule has 2 aromatic heterocycles. The van der Waals surface area contributed by atoms with Crippen LogP contribution >= 0.6 is 0 Å². The van der Waals surface area contributed by atoms with Crippen LogP contribution in [0, 0.1) is 11.8 Å². The van der Waals surface area contributed by atoms with Crippen molar-refractivity contribution in [3.05, 3.63) is 90.1 Å². The highest BCUT2D eigenvalue weighted by molar-refractivity contribution is 5.96. The number of aromatic nitrogens is 3. The van der Waals surface area contributed by atoms with E-state index in [1.165, 1.54) is 23.3 Å². The van der Waals surface area contributed by atoms with Crippen LogP contribution in [-0.2, 0) is 43.2 Å². The number of H-pyrrole nitrogens is 2. The number of unbranched alkanes of at least 4 members (excludes halogenated alkanes) is 1. The number of hydrogen-bond acceptors (Lipinski definition) is 9. The summed E-state index contributed by atoms with van der Waals surface area (Å²) >= 11 is 0. The SMILES string of the molecule is C[C@H](NC(=O)N1CCCN1C(=O)[C@@H](N)Cc1cnc[nH]1)C(=O)C[C@@H](Cc1cc2ccccc2[nH]1)C(=O)N[C@H](Cc1ccccc1)C(=O)C[C@@H](CCCCN)C(N)=O. The van der Waals surface area contributed by atoms with Gasteiger partial charge in [-0.25, -0.2) is 19.8 Å². The molecule has 57 heavy (non-hydrogen) atoms. The molecule has 304 valence electrons. The number of hydrazine groups is 1. The van der Waals surface area contributed by atoms with E-state index in [4.69, 9.17) is 17.2 Å². The minimum atomic E-state index is -1.03. The zero-order valence-corrected chi connectivity index (χ0v) is 32.3. The number of primary amides is 1. The number of nitrogens with zero attached hydrogens (tertiary/aromatic N) is 3. The molecule has 5 rings (SSSR count). The summed E-state index contributed by atoms with van der Waals surface area (Å²) < 4.78 is 0. The Morgan fingerprint density at radius 3 is 2.26 bits per heavy atom. The Bertz CT molecular complexity index is 1950. The molecule has 0 spiro atoms. The Balaban J connectivity index is 1.31. The number of carbonyl (C=O) groups is 6. The lowest BCUT2D eigenvalue weighted by Crippen LogP contribution is -2.56. The second kappa shape index (κ2) is 20.3. The molecule has 0 radical (unpaired) electrons. The van der Waals surface area contributed by atoms with Crippen molar-refractivity contribution in [3.63, 3.8) is 0 Å². The fraction of sp³-hybridized carbons (Fsp3) is 0.439. The summed E-state index contributed by atoms with van der Waals surface area (Å²) in [6, 6.07) is 15.1. The second-order valence-corrected chi connectivity index (χ2v) is 14.8. The maximum atomic E-state index is 14.3. The van der Waals surface area contributed by atoms with Crippen LogP contribution in [0.3, 0.4) is 0 Å². The maximum absolute atomic E-state index is 14.3. The Hall–Kier alpha value is -5.87. The van der Waals surface area contributed by atoms with Crippen molar-refractivity contribution in [1.29, 1.82) is 0 Å². The Labute approximate surface area is 331 Å². The van der Waals surface area contributed by atoms with Crippen LogP contribution in [0.4, 0.5) is 4.79 Å². The van der Waals surface area contributed by atoms with Crippen LogP contribution in [0.1, 0.15) is 62.4 Å². The first kappa shape index (κ1) is 42.3. The molecule has 0 saturated carbocycles. The summed E-state index contributed by atoms with van der Waals surface area (Å²) in [5, 5.41) is 9.10. The molecule has 1 fully saturated rings. The molecule has 1 aliphatic rings. The molecule has 16 heteroatoms. The number of nitrogens with two attached hydrogens (primary N) is 3. The van der Waals surface area contributed by atoms with E-state index in [1.54, 1.807) is 6.20 Å². The van der Waals surface area contributed by atoms with Crippen molar-refractivity contribution in [3.8, 4) is 0 Å². The Morgan fingerprint density at radius 1 is 0.842 bits per heavy atom. The number of urea groups is 1. The third-order valence-corrected chi connectivity index (χ3v) is 10.4. The monoisotopic (exact) mass is 782 g/mol. The first-order valence-electron chi connectivity index (χ1n) is 19.5. The van der Waals surface area contributed by atoms with Gasteiger partial charge in [0.2, 0.25) is 11.8 Å². The molecule has 5 atom stereocenters. The summed E-state index contributed by atoms with van der Waals surface area (Å²) in [6.07, 6.45) is 5.37. The van der Waals surface area contributed by atoms with Crippen LogP contribution in [0.15, 0.2) is 73.2 Å². The number of rotatable bonds is 21. The lowest BCUT2D eigenvalue weighted by Gasteiger charge is -2.31. The van der Waals surface area contributed by atoms with E-state index in [2.05, 4.69) is 25.6 Å². The van der Waals surface area contributed by atoms with Gasteiger partial charge in [-0.2, -0.15) is 0 Å². The quantitative estimate of drug-likeness (QED) is 0.0610. The fourth-order valence-corrected chi connectivity index (χ4v) is 7.14. The number of nitrogens with one attached hydrogen (secondary N) is 4. The number of benzene rings is 2. The van der Waals surface area contributed by atoms with Crippen molar-refractivity contribution in [2.24, 2.45) is 29.0 Å². The first-order valence-corrected chi connectivity index (χ1v) is 19.5. The zero-order valence-electron chi connectivity index (χ0n) is 32.3. The van der Waals surface area contributed by atoms with Crippen LogP contribution in [0.2, 0.25) is 0 Å². The van der Waals surface area contributed by atoms with Crippen molar-refractivity contribution in [2.75, 3.05) is 19.6 Å². The number of ketones is 2. The van der Waals surface area contributed by atoms with Crippen LogP contribution in [0.25, 0.3) is 10.9 Å². The number of Topliss-reactive ketones (excluding diaryl/α,β-unsaturated/α-hetero) is 2. The van der Waals surface area contributed by atoms with Gasteiger partial charge in [0.15, 0.2) is 11.6 Å². The molecule has 2 aromatic carbocycles. The molecule has 16 nitrogen and oxygen atoms in total. The summed E-state index contributed by atoms with van der Waals surface area (Å²) in [5.41, 5.74) is 20.6. The molecular formula is C41H54N10O6. The normalized spacial score (nSPS) is 15.4. The highest BCUT2D eigenvalue weighted by atomic mass is 16.2. The highest BCUT2D eigenvalue weighted by Crippen LogP contribution is 2.22. The topological polar surface area (TPSA) is 255 Å². The number of amides is 5. The summed E-state index contributed by atoms with van der Waals surface area (Å²) in [6.45, 7) is 2.51. The summed E-state index contributed by atoms with van der Waals surface area (Å²) in [5.74, 6) is -4.01. The van der Waals surface area contributed by atoms with E-state index in [9.17, 15) is 28.8 Å². The number of carbonyl (C=O) groups excluding carboxylic acids is 6. The van der Waals surface area contributed by atoms with Crippen LogP contribution < -0.4 is 27.8 Å². The number of hydrogen-bond donors (Lipinski definition) is 7. The molecule has 4 aromatic rings. The van der Waals surface area contributed by atoms with Crippen molar-refractivity contribution in [1.82, 2.24) is 35.6 Å². The third kappa shape index (κ3) is 11.8. The lowest BCUT2D eigenvalue weighted by atomic mass is 9.89. The van der Waals surface area contributed by atoms with E-state index in [1.807, 2.05) is 60.7 Å². The van der Waals surface area contributed by atoms with E-state index in [-0.39, 0.29) is 51.0 Å². The van der Waals surface area contributed by atoms with Gasteiger partial charge in [-0.15, -0.1) is 0 Å². The molecule has 1 saturated heterocycles. The largest absolute Gasteiger partial charge is 0.369 e. The molecular weight excluding hydrogens is 729 g/mol. The van der Waals surface area contributed by atoms with E-state index in [0.29, 0.717) is 43.6 Å². The van der Waals surface area contributed by atoms with Crippen LogP contribution in [0.5, 0.6) is 0 Å². The van der Waals surface area contributed by atoms with Gasteiger partial charge in [-0.3, -0.25) is 24.0 Å². The van der Waals surface area contributed by atoms with Gasteiger partial charge < -0.3 is 37.8 Å². The third-order valence-electron chi connectivity index (χ3n) is 10.4. The predicted molar refractivity (Wildman–Crippen MR) is 214 cm³/mol. The van der Waals surface area contributed by atoms with Gasteiger partial charge in [0.1, 0.15) is 0 Å². The Morgan fingerprint density at radius 2 is 1.56 bits per heavy atom. The number of aromatic amines is 2. The van der Waals surface area contributed by atoms with Crippen molar-refractivity contribution < 1.29 is 28.8 Å². The summed E-state index contributed by atoms with van der Waals surface area (Å²) in [7, 11) is 0. The zero-order chi connectivity index (χ0) is 40.9. The minimum absolute atomic E-state index is 0.130. The standard InChI is InChI=1S/C41H54N10O6/c1-26(47-41(57)51-17-9-16-50(51)40(56)33(43)23-32-24-45-25-46-32)36(52)22-30(20-31-19-28-12-5-6-14-34(28)48-31)39(55)49-35(18-27-10-3-2-4-11-27)37(53)21-29(38(44)54)13-7-8-15-42/h2-6,10-12,14,19,24-26,29-30,33,35,48H,7-9,13,15-18,20-23,42-43H2,1H3,(H2,44,54)(H,45,46)(H,47,57)(H,49,55)/t26-,29+,30+,33-,35+/m0/s1. The Kier molecular flexibility index (Phi) is 15.1. The number of fused-ring (bicyclic) bond motifs is 1. The molecule has 5 amide bonds. The van der Waals surface area contributed by atoms with Gasteiger partial charge in [0.25, 0.3) is 5.91 Å². The minimum Gasteiger partial charge on any atom is -0.369 e. The average molecular weight is 783 g/mol. The van der Waals surface area contributed by atoms with E-state index in [0.717, 1.165) is 16.5 Å². The molecule has 0 unspecified atom stereocenters. The van der Waals surface area contributed by atoms with Gasteiger partial charge in [0.05, 0.1) is 30.4 Å². The van der Waals surface area contributed by atoms with Crippen molar-refractivity contribution >= 4 is 46.2 Å². The lowest BCUT2D eigenvalue weighted by molar-refractivity contribution is -0.141. The van der Waals surface area contributed by atoms with Crippen LogP contribution in [-0.4, -0.2) is 98.0 Å². The second-order valence-electron chi connectivity index (χ2n) is 14.8. The predicted octanol–water partition coefficient (Wildman–Crippen LogP) is 2.04. The fourth-order valence-electron chi connectivity index (χ4n) is 7.14. The van der Waals surface area contributed by atoms with E-state index < -0.39 is 59.5 Å². The first-order chi connectivity index (χ1) is 27.4. The van der Waals surface area contributed by atoms with E-state index >= 15 is 0 Å². The maximum Gasteiger partial charge on any atom is 0.336 e. The molecule has 1 aliphatic heterocycles. The molecule has 3 heterocycles. The molecule has 0 bridgehead atoms. The van der Waals surface area contributed by atoms with Gasteiger partial charge in [0, 0.05) is 61.4 Å². The van der Waals surface area contributed by atoms with Crippen molar-refractivity contribution in [2.45, 2.75) is 82.8 Å². The van der Waals surface area contributed by atoms with Gasteiger partial charge in [-0.1, -0.05) is 55.0 Å². The van der Waals surface area contributed by atoms with Gasteiger partial charge >= 0.3 is 6.03 Å². The molecule has 0 aliphatic carbocycles. The smallest absolute Gasteiger partial charge is 0.336 e. The highest BCUT2D eigenvalue weighted by Gasteiger charge is 2.36. The number of imidazole rings is 1. The van der Waals surface area contributed by atoms with Gasteiger partial charge in [-0.05, 0) is 68.7 Å². The molecule has 10 N–H and O–H groups in total. The number of para-hydroxylation sites is 1.